The van der Waals surface area contributed by atoms with Gasteiger partial charge in [-0.15, -0.1) is 0 Å². The standard InChI is InChI=1S/C22H21ClN2O/c1-14-9-10-19-17(13-14)15-6-4-8-20-21(15)24(19)11-12-25(20)22(26)16-5-2-3-7-18(16)23/h2-3,5,7,9-10,13,20H,4,6,8,11-12H2,1H3/t20-/m1/s1. The highest BCUT2D eigenvalue weighted by atomic mass is 35.5. The first-order valence-corrected chi connectivity index (χ1v) is 9.70. The highest BCUT2D eigenvalue weighted by Gasteiger charge is 2.37. The molecule has 0 saturated heterocycles. The lowest BCUT2D eigenvalue weighted by Gasteiger charge is -2.40. The van der Waals surface area contributed by atoms with Crippen molar-refractivity contribution < 1.29 is 4.79 Å². The van der Waals surface area contributed by atoms with Crippen LogP contribution in [0.2, 0.25) is 5.02 Å². The van der Waals surface area contributed by atoms with Crippen molar-refractivity contribution in [2.24, 2.45) is 0 Å². The quantitative estimate of drug-likeness (QED) is 0.587. The highest BCUT2D eigenvalue weighted by molar-refractivity contribution is 6.33. The second-order valence-corrected chi connectivity index (χ2v) is 7.83. The zero-order valence-electron chi connectivity index (χ0n) is 14.8. The lowest BCUT2D eigenvalue weighted by molar-refractivity contribution is 0.0601. The van der Waals surface area contributed by atoms with Gasteiger partial charge in [0.2, 0.25) is 0 Å². The molecule has 3 nitrogen and oxygen atoms in total. The summed E-state index contributed by atoms with van der Waals surface area (Å²) in [6.45, 7) is 3.73. The summed E-state index contributed by atoms with van der Waals surface area (Å²) in [4.78, 5) is 15.3. The van der Waals surface area contributed by atoms with Crippen molar-refractivity contribution in [3.05, 3.63) is 69.9 Å². The lowest BCUT2D eigenvalue weighted by Crippen LogP contribution is -2.43. The number of benzene rings is 2. The Kier molecular flexibility index (Phi) is 3.61. The Balaban J connectivity index is 1.64. The third-order valence-corrected chi connectivity index (χ3v) is 6.22. The Morgan fingerprint density at radius 2 is 2.00 bits per heavy atom. The van der Waals surface area contributed by atoms with E-state index in [-0.39, 0.29) is 11.9 Å². The van der Waals surface area contributed by atoms with Crippen LogP contribution >= 0.6 is 11.6 Å². The molecule has 0 radical (unpaired) electrons. The summed E-state index contributed by atoms with van der Waals surface area (Å²) in [5, 5.41) is 1.91. The van der Waals surface area contributed by atoms with Gasteiger partial charge in [0, 0.05) is 29.7 Å². The molecule has 0 fully saturated rings. The van der Waals surface area contributed by atoms with E-state index in [2.05, 4.69) is 29.7 Å². The van der Waals surface area contributed by atoms with Gasteiger partial charge in [-0.2, -0.15) is 0 Å². The largest absolute Gasteiger partial charge is 0.341 e. The summed E-state index contributed by atoms with van der Waals surface area (Å²) in [7, 11) is 0. The zero-order chi connectivity index (χ0) is 17.8. The summed E-state index contributed by atoms with van der Waals surface area (Å²) >= 11 is 6.30. The molecule has 2 heterocycles. The van der Waals surface area contributed by atoms with Crippen molar-refractivity contribution in [1.29, 1.82) is 0 Å². The van der Waals surface area contributed by atoms with Crippen molar-refractivity contribution in [2.45, 2.75) is 38.8 Å². The minimum absolute atomic E-state index is 0.0566. The zero-order valence-corrected chi connectivity index (χ0v) is 15.6. The van der Waals surface area contributed by atoms with Crippen molar-refractivity contribution in [2.75, 3.05) is 6.54 Å². The van der Waals surface area contributed by atoms with Crippen LogP contribution in [0, 0.1) is 6.92 Å². The van der Waals surface area contributed by atoms with Crippen molar-refractivity contribution >= 4 is 28.4 Å². The molecule has 2 aromatic carbocycles. The Morgan fingerprint density at radius 1 is 1.15 bits per heavy atom. The molecule has 3 aromatic rings. The Hall–Kier alpha value is -2.26. The van der Waals surface area contributed by atoms with Crippen LogP contribution in [-0.4, -0.2) is 21.9 Å². The van der Waals surface area contributed by atoms with E-state index in [0.29, 0.717) is 10.6 Å². The highest BCUT2D eigenvalue weighted by Crippen LogP contribution is 2.43. The Morgan fingerprint density at radius 3 is 2.85 bits per heavy atom. The number of carbonyl (C=O) groups is 1. The fourth-order valence-corrected chi connectivity index (χ4v) is 4.97. The van der Waals surface area contributed by atoms with Gasteiger partial charge in [0.15, 0.2) is 0 Å². The monoisotopic (exact) mass is 364 g/mol. The molecule has 26 heavy (non-hydrogen) atoms. The van der Waals surface area contributed by atoms with Gasteiger partial charge in [0.05, 0.1) is 16.6 Å². The van der Waals surface area contributed by atoms with Crippen LogP contribution in [0.25, 0.3) is 10.9 Å². The second kappa shape index (κ2) is 5.88. The molecule has 2 aliphatic rings. The minimum atomic E-state index is 0.0566. The van der Waals surface area contributed by atoms with Gasteiger partial charge in [-0.25, -0.2) is 0 Å². The van der Waals surface area contributed by atoms with Crippen molar-refractivity contribution in [3.8, 4) is 0 Å². The summed E-state index contributed by atoms with van der Waals surface area (Å²) in [6.07, 6.45) is 3.25. The first kappa shape index (κ1) is 16.0. The van der Waals surface area contributed by atoms with E-state index in [0.717, 1.165) is 32.4 Å². The fourth-order valence-electron chi connectivity index (χ4n) is 4.75. The maximum atomic E-state index is 13.2. The summed E-state index contributed by atoms with van der Waals surface area (Å²) in [6, 6.07) is 14.3. The van der Waals surface area contributed by atoms with E-state index in [1.54, 1.807) is 6.07 Å². The van der Waals surface area contributed by atoms with Crippen LogP contribution in [0.3, 0.4) is 0 Å². The molecule has 1 aliphatic heterocycles. The molecule has 132 valence electrons. The second-order valence-electron chi connectivity index (χ2n) is 7.42. The molecular formula is C22H21ClN2O. The number of amides is 1. The molecule has 1 aliphatic carbocycles. The molecule has 0 N–H and O–H groups in total. The first-order valence-electron chi connectivity index (χ1n) is 9.32. The van der Waals surface area contributed by atoms with E-state index in [4.69, 9.17) is 11.6 Å². The average molecular weight is 365 g/mol. The van der Waals surface area contributed by atoms with E-state index in [1.165, 1.54) is 27.7 Å². The number of halogens is 1. The maximum absolute atomic E-state index is 13.2. The third kappa shape index (κ3) is 2.23. The van der Waals surface area contributed by atoms with E-state index in [9.17, 15) is 4.79 Å². The smallest absolute Gasteiger partial charge is 0.255 e. The van der Waals surface area contributed by atoms with E-state index < -0.39 is 0 Å². The number of nitrogens with zero attached hydrogens (tertiary/aromatic N) is 2. The average Bonchev–Trinajstić information content (AvgIpc) is 2.97. The Labute approximate surface area is 158 Å². The molecule has 0 saturated carbocycles. The maximum Gasteiger partial charge on any atom is 0.255 e. The number of hydrogen-bond acceptors (Lipinski definition) is 1. The topological polar surface area (TPSA) is 25.2 Å². The number of hydrogen-bond donors (Lipinski definition) is 0. The molecule has 1 amide bonds. The molecule has 1 aromatic heterocycles. The number of carbonyl (C=O) groups excluding carboxylic acids is 1. The molecule has 0 bridgehead atoms. The summed E-state index contributed by atoms with van der Waals surface area (Å²) < 4.78 is 2.45. The van der Waals surface area contributed by atoms with Crippen LogP contribution in [0.5, 0.6) is 0 Å². The van der Waals surface area contributed by atoms with Gasteiger partial charge in [-0.05, 0) is 56.0 Å². The molecule has 0 spiro atoms. The lowest BCUT2D eigenvalue weighted by atomic mass is 9.89. The number of fused-ring (bicyclic) bond motifs is 3. The van der Waals surface area contributed by atoms with Gasteiger partial charge in [-0.1, -0.05) is 35.4 Å². The predicted molar refractivity (Wildman–Crippen MR) is 105 cm³/mol. The first-order chi connectivity index (χ1) is 12.6. The van der Waals surface area contributed by atoms with Crippen LogP contribution in [0.4, 0.5) is 0 Å². The van der Waals surface area contributed by atoms with Crippen molar-refractivity contribution in [3.63, 3.8) is 0 Å². The molecule has 0 unspecified atom stereocenters. The van der Waals surface area contributed by atoms with Crippen molar-refractivity contribution in [1.82, 2.24) is 9.47 Å². The number of rotatable bonds is 1. The Bertz CT molecular complexity index is 1040. The summed E-state index contributed by atoms with van der Waals surface area (Å²) in [5.41, 5.74) is 6.02. The van der Waals surface area contributed by atoms with Gasteiger partial charge in [-0.3, -0.25) is 4.79 Å². The third-order valence-electron chi connectivity index (χ3n) is 5.89. The number of aromatic nitrogens is 1. The normalized spacial score (nSPS) is 18.8. The molecular weight excluding hydrogens is 344 g/mol. The fraction of sp³-hybridized carbons (Fsp3) is 0.318. The van der Waals surface area contributed by atoms with Crippen LogP contribution < -0.4 is 0 Å². The van der Waals surface area contributed by atoms with Crippen LogP contribution in [-0.2, 0) is 13.0 Å². The van der Waals surface area contributed by atoms with Gasteiger partial charge < -0.3 is 9.47 Å². The minimum Gasteiger partial charge on any atom is -0.341 e. The van der Waals surface area contributed by atoms with Gasteiger partial charge in [0.1, 0.15) is 0 Å². The molecule has 4 heteroatoms. The van der Waals surface area contributed by atoms with Gasteiger partial charge in [0.25, 0.3) is 5.91 Å². The predicted octanol–water partition coefficient (Wildman–Crippen LogP) is 5.14. The van der Waals surface area contributed by atoms with E-state index in [1.807, 2.05) is 23.1 Å². The SMILES string of the molecule is Cc1ccc2c(c1)c1c3n2CCN(C(=O)c2ccccc2Cl)[C@@H]3CCC1. The van der Waals surface area contributed by atoms with Crippen LogP contribution in [0.1, 0.15) is 46.1 Å². The molecule has 1 atom stereocenters. The van der Waals surface area contributed by atoms with Crippen LogP contribution in [0.15, 0.2) is 42.5 Å². The van der Waals surface area contributed by atoms with Gasteiger partial charge >= 0.3 is 0 Å². The number of aryl methyl sites for hydroxylation is 2. The molecule has 5 rings (SSSR count). The van der Waals surface area contributed by atoms with E-state index >= 15 is 0 Å². The summed E-state index contributed by atoms with van der Waals surface area (Å²) in [5.74, 6) is 0.0566.